The third-order valence-corrected chi connectivity index (χ3v) is 2.82. The van der Waals surface area contributed by atoms with E-state index >= 15 is 0 Å². The van der Waals surface area contributed by atoms with Crippen molar-refractivity contribution in [3.63, 3.8) is 0 Å². The monoisotopic (exact) mass is 345 g/mol. The van der Waals surface area contributed by atoms with Crippen molar-refractivity contribution in [1.29, 1.82) is 0 Å². The van der Waals surface area contributed by atoms with Gasteiger partial charge in [-0.25, -0.2) is 4.39 Å². The summed E-state index contributed by atoms with van der Waals surface area (Å²) in [6, 6.07) is 5.61. The maximum atomic E-state index is 13.4. The van der Waals surface area contributed by atoms with E-state index in [0.717, 1.165) is 6.07 Å². The Labute approximate surface area is 121 Å². The van der Waals surface area contributed by atoms with Crippen molar-refractivity contribution in [1.82, 2.24) is 5.32 Å². The van der Waals surface area contributed by atoms with Gasteiger partial charge in [0.05, 0.1) is 12.8 Å². The van der Waals surface area contributed by atoms with Gasteiger partial charge in [0, 0.05) is 4.47 Å². The first-order valence-corrected chi connectivity index (χ1v) is 6.42. The second-order valence-corrected chi connectivity index (χ2v) is 4.76. The van der Waals surface area contributed by atoms with E-state index in [4.69, 9.17) is 9.15 Å². The van der Waals surface area contributed by atoms with E-state index in [0.29, 0.717) is 10.2 Å². The molecule has 0 aliphatic carbocycles. The van der Waals surface area contributed by atoms with Gasteiger partial charge in [-0.05, 0) is 24.3 Å². The molecule has 0 bridgehead atoms. The maximum Gasteiger partial charge on any atom is 0.258 e. The molecule has 106 valence electrons. The van der Waals surface area contributed by atoms with E-state index in [1.807, 2.05) is 0 Å². The molecule has 7 heteroatoms. The summed E-state index contributed by atoms with van der Waals surface area (Å²) in [6.45, 7) is -0.224. The Hall–Kier alpha value is -1.89. The van der Waals surface area contributed by atoms with Crippen LogP contribution in [-0.2, 0) is 11.3 Å². The predicted octanol–water partition coefficient (Wildman–Crippen LogP) is 3.02. The van der Waals surface area contributed by atoms with Crippen LogP contribution in [0.25, 0.3) is 0 Å². The van der Waals surface area contributed by atoms with Crippen LogP contribution >= 0.6 is 15.9 Å². The van der Waals surface area contributed by atoms with Gasteiger partial charge in [-0.15, -0.1) is 0 Å². The largest absolute Gasteiger partial charge is 0.481 e. The average molecular weight is 346 g/mol. The highest BCUT2D eigenvalue weighted by atomic mass is 79.9. The number of benzene rings is 1. The summed E-state index contributed by atoms with van der Waals surface area (Å²) < 4.78 is 36.8. The van der Waals surface area contributed by atoms with Crippen LogP contribution in [0.4, 0.5) is 8.78 Å². The van der Waals surface area contributed by atoms with Crippen LogP contribution in [0.2, 0.25) is 0 Å². The molecule has 0 aliphatic heterocycles. The summed E-state index contributed by atoms with van der Waals surface area (Å²) in [5, 5.41) is 2.52. The fourth-order valence-corrected chi connectivity index (χ4v) is 1.84. The molecule has 0 spiro atoms. The number of furan rings is 1. The second kappa shape index (κ2) is 6.51. The third-order valence-electron chi connectivity index (χ3n) is 2.36. The van der Waals surface area contributed by atoms with Crippen LogP contribution in [0, 0.1) is 11.6 Å². The number of halogens is 3. The second-order valence-electron chi connectivity index (χ2n) is 3.84. The van der Waals surface area contributed by atoms with Crippen molar-refractivity contribution in [3.8, 4) is 5.75 Å². The van der Waals surface area contributed by atoms with Crippen molar-refractivity contribution in [2.75, 3.05) is 6.61 Å². The normalized spacial score (nSPS) is 10.3. The molecule has 20 heavy (non-hydrogen) atoms. The fourth-order valence-electron chi connectivity index (χ4n) is 1.43. The van der Waals surface area contributed by atoms with Gasteiger partial charge in [-0.2, -0.15) is 4.39 Å². The maximum absolute atomic E-state index is 13.4. The highest BCUT2D eigenvalue weighted by molar-refractivity contribution is 9.10. The number of nitrogens with one attached hydrogen (secondary N) is 1. The number of rotatable bonds is 5. The Morgan fingerprint density at radius 2 is 2.20 bits per heavy atom. The van der Waals surface area contributed by atoms with Crippen molar-refractivity contribution in [3.05, 3.63) is 52.4 Å². The Kier molecular flexibility index (Phi) is 4.73. The molecule has 0 radical (unpaired) electrons. The topological polar surface area (TPSA) is 51.5 Å². The molecular weight excluding hydrogens is 336 g/mol. The summed E-state index contributed by atoms with van der Waals surface area (Å²) in [4.78, 5) is 11.5. The van der Waals surface area contributed by atoms with Crippen LogP contribution in [0.5, 0.6) is 5.75 Å². The number of carbonyl (C=O) groups is 1. The predicted molar refractivity (Wildman–Crippen MR) is 70.1 cm³/mol. The molecule has 0 fully saturated rings. The molecule has 4 nitrogen and oxygen atoms in total. The molecule has 0 saturated carbocycles. The average Bonchev–Trinajstić information content (AvgIpc) is 2.92. The lowest BCUT2D eigenvalue weighted by Gasteiger charge is -2.08. The molecule has 0 unspecified atom stereocenters. The van der Waals surface area contributed by atoms with Gasteiger partial charge in [0.1, 0.15) is 5.76 Å². The van der Waals surface area contributed by atoms with E-state index in [9.17, 15) is 13.6 Å². The van der Waals surface area contributed by atoms with Gasteiger partial charge in [0.15, 0.2) is 18.2 Å². The molecular formula is C13H10BrF2NO3. The summed E-state index contributed by atoms with van der Waals surface area (Å²) in [5.74, 6) is -2.40. The van der Waals surface area contributed by atoms with Crippen LogP contribution in [-0.4, -0.2) is 12.5 Å². The van der Waals surface area contributed by atoms with Crippen LogP contribution in [0.3, 0.4) is 0 Å². The lowest BCUT2D eigenvalue weighted by atomic mass is 10.3. The minimum Gasteiger partial charge on any atom is -0.481 e. The fraction of sp³-hybridized carbons (Fsp3) is 0.154. The van der Waals surface area contributed by atoms with Gasteiger partial charge < -0.3 is 14.5 Å². The van der Waals surface area contributed by atoms with Crippen molar-refractivity contribution in [2.24, 2.45) is 0 Å². The first-order chi connectivity index (χ1) is 9.56. The van der Waals surface area contributed by atoms with Gasteiger partial charge in [-0.3, -0.25) is 4.79 Å². The van der Waals surface area contributed by atoms with Crippen LogP contribution in [0.15, 0.2) is 39.4 Å². The van der Waals surface area contributed by atoms with Crippen molar-refractivity contribution < 1.29 is 22.7 Å². The molecule has 0 aliphatic rings. The summed E-state index contributed by atoms with van der Waals surface area (Å²) in [7, 11) is 0. The number of amides is 1. The Balaban J connectivity index is 1.87. The molecule has 1 amide bonds. The van der Waals surface area contributed by atoms with Gasteiger partial charge in [-0.1, -0.05) is 15.9 Å². The Morgan fingerprint density at radius 1 is 1.40 bits per heavy atom. The van der Waals surface area contributed by atoms with E-state index in [-0.39, 0.29) is 12.3 Å². The first kappa shape index (κ1) is 14.5. The molecule has 1 aromatic carbocycles. The number of carbonyl (C=O) groups excluding carboxylic acids is 1. The Bertz CT molecular complexity index is 602. The molecule has 1 heterocycles. The minimum absolute atomic E-state index is 0.199. The lowest BCUT2D eigenvalue weighted by Crippen LogP contribution is -2.28. The van der Waals surface area contributed by atoms with Gasteiger partial charge >= 0.3 is 0 Å². The van der Waals surface area contributed by atoms with Gasteiger partial charge in [0.25, 0.3) is 5.91 Å². The highest BCUT2D eigenvalue weighted by Gasteiger charge is 2.13. The van der Waals surface area contributed by atoms with E-state index in [1.165, 1.54) is 12.3 Å². The van der Waals surface area contributed by atoms with Crippen LogP contribution < -0.4 is 10.1 Å². The number of hydrogen-bond donors (Lipinski definition) is 1. The van der Waals surface area contributed by atoms with Gasteiger partial charge in [0.2, 0.25) is 5.82 Å². The summed E-state index contributed by atoms with van der Waals surface area (Å²) in [6.07, 6.45) is 1.48. The molecule has 0 saturated heterocycles. The standard InChI is InChI=1S/C13H10BrF2NO3/c14-8-4-10(15)13(16)11(5-8)20-7-12(18)17-6-9-2-1-3-19-9/h1-5H,6-7H2,(H,17,18). The van der Waals surface area contributed by atoms with E-state index < -0.39 is 24.1 Å². The smallest absolute Gasteiger partial charge is 0.258 e. The van der Waals surface area contributed by atoms with Crippen LogP contribution in [0.1, 0.15) is 5.76 Å². The lowest BCUT2D eigenvalue weighted by molar-refractivity contribution is -0.123. The SMILES string of the molecule is O=C(COc1cc(Br)cc(F)c1F)NCc1ccco1. The highest BCUT2D eigenvalue weighted by Crippen LogP contribution is 2.25. The summed E-state index contributed by atoms with van der Waals surface area (Å²) in [5.41, 5.74) is 0. The van der Waals surface area contributed by atoms with Crippen molar-refractivity contribution in [2.45, 2.75) is 6.54 Å². The van der Waals surface area contributed by atoms with E-state index in [2.05, 4.69) is 21.2 Å². The zero-order valence-electron chi connectivity index (χ0n) is 10.2. The Morgan fingerprint density at radius 3 is 2.90 bits per heavy atom. The molecule has 1 aromatic heterocycles. The van der Waals surface area contributed by atoms with Crippen molar-refractivity contribution >= 4 is 21.8 Å². The number of ether oxygens (including phenoxy) is 1. The summed E-state index contributed by atoms with van der Waals surface area (Å²) >= 11 is 3.01. The van der Waals surface area contributed by atoms with E-state index in [1.54, 1.807) is 12.1 Å². The third kappa shape index (κ3) is 3.80. The first-order valence-electron chi connectivity index (χ1n) is 5.62. The number of hydrogen-bond acceptors (Lipinski definition) is 3. The quantitative estimate of drug-likeness (QED) is 0.847. The molecule has 2 aromatic rings. The molecule has 0 atom stereocenters. The zero-order chi connectivity index (χ0) is 14.5. The molecule has 2 rings (SSSR count). The minimum atomic E-state index is -1.13. The zero-order valence-corrected chi connectivity index (χ0v) is 11.7. The molecule has 1 N–H and O–H groups in total.